The molecule has 96 valence electrons. The topological polar surface area (TPSA) is 3.24 Å². The zero-order chi connectivity index (χ0) is 13.1. The summed E-state index contributed by atoms with van der Waals surface area (Å²) in [4.78, 5) is 3.66. The van der Waals surface area contributed by atoms with E-state index in [1.165, 1.54) is 10.4 Å². The van der Waals surface area contributed by atoms with E-state index >= 15 is 0 Å². The summed E-state index contributed by atoms with van der Waals surface area (Å²) in [6, 6.07) is 10.5. The smallest absolute Gasteiger partial charge is 0.0453 e. The summed E-state index contributed by atoms with van der Waals surface area (Å²) in [7, 11) is 2.13. The van der Waals surface area contributed by atoms with Gasteiger partial charge in [0.1, 0.15) is 0 Å². The maximum absolute atomic E-state index is 6.24. The highest BCUT2D eigenvalue weighted by Crippen LogP contribution is 2.28. The number of thiophene rings is 1. The molecule has 2 rings (SSSR count). The Labute approximate surface area is 126 Å². The van der Waals surface area contributed by atoms with Gasteiger partial charge in [0.2, 0.25) is 0 Å². The highest BCUT2D eigenvalue weighted by Gasteiger charge is 2.15. The lowest BCUT2D eigenvalue weighted by atomic mass is 10.1. The predicted molar refractivity (Wildman–Crippen MR) is 83.4 cm³/mol. The zero-order valence-electron chi connectivity index (χ0n) is 10.4. The molecule has 0 aliphatic rings. The molecule has 1 aromatic heterocycles. The molecule has 0 aliphatic carbocycles. The third-order valence-electron chi connectivity index (χ3n) is 3.04. The second kappa shape index (κ2) is 6.20. The van der Waals surface area contributed by atoms with Crippen molar-refractivity contribution in [1.82, 2.24) is 4.90 Å². The number of halogens is 2. The molecule has 0 amide bonds. The van der Waals surface area contributed by atoms with Gasteiger partial charge in [-0.1, -0.05) is 29.8 Å². The molecule has 4 heteroatoms. The van der Waals surface area contributed by atoms with Crippen molar-refractivity contribution in [3.63, 3.8) is 0 Å². The highest BCUT2D eigenvalue weighted by molar-refractivity contribution is 9.10. The van der Waals surface area contributed by atoms with E-state index in [2.05, 4.69) is 52.3 Å². The molecule has 1 unspecified atom stereocenters. The SMILES string of the molecule is CC(c1ccccc1Cl)N(C)Cc1cc(Br)cs1. The van der Waals surface area contributed by atoms with Crippen LogP contribution in [0.2, 0.25) is 5.02 Å². The first-order valence-electron chi connectivity index (χ1n) is 5.75. The van der Waals surface area contributed by atoms with Crippen LogP contribution in [0.5, 0.6) is 0 Å². The van der Waals surface area contributed by atoms with E-state index in [1.54, 1.807) is 11.3 Å². The van der Waals surface area contributed by atoms with Crippen molar-refractivity contribution in [1.29, 1.82) is 0 Å². The molecule has 0 aliphatic heterocycles. The molecule has 2 aromatic rings. The molecule has 1 heterocycles. The Hall–Kier alpha value is -0.350. The first-order chi connectivity index (χ1) is 8.58. The Balaban J connectivity index is 2.09. The van der Waals surface area contributed by atoms with E-state index in [4.69, 9.17) is 11.6 Å². The molecule has 0 spiro atoms. The molecule has 18 heavy (non-hydrogen) atoms. The summed E-state index contributed by atoms with van der Waals surface area (Å²) in [6.07, 6.45) is 0. The summed E-state index contributed by atoms with van der Waals surface area (Å²) >= 11 is 11.5. The van der Waals surface area contributed by atoms with Crippen LogP contribution in [-0.4, -0.2) is 11.9 Å². The summed E-state index contributed by atoms with van der Waals surface area (Å²) in [6.45, 7) is 3.12. The average molecular weight is 345 g/mol. The van der Waals surface area contributed by atoms with Gasteiger partial charge in [-0.2, -0.15) is 0 Å². The van der Waals surface area contributed by atoms with Crippen LogP contribution in [0, 0.1) is 0 Å². The van der Waals surface area contributed by atoms with E-state index in [9.17, 15) is 0 Å². The lowest BCUT2D eigenvalue weighted by Crippen LogP contribution is -2.21. The first kappa shape index (κ1) is 14.1. The number of rotatable bonds is 4. The molecule has 1 atom stereocenters. The second-order valence-corrected chi connectivity index (χ2v) is 6.66. The molecule has 1 nitrogen and oxygen atoms in total. The van der Waals surface area contributed by atoms with Gasteiger partial charge in [-0.3, -0.25) is 4.90 Å². The van der Waals surface area contributed by atoms with Crippen LogP contribution in [-0.2, 0) is 6.54 Å². The molecule has 0 saturated heterocycles. The largest absolute Gasteiger partial charge is 0.295 e. The van der Waals surface area contributed by atoms with Gasteiger partial charge in [0.05, 0.1) is 0 Å². The van der Waals surface area contributed by atoms with Gasteiger partial charge < -0.3 is 0 Å². The lowest BCUT2D eigenvalue weighted by molar-refractivity contribution is 0.255. The van der Waals surface area contributed by atoms with Crippen molar-refractivity contribution in [2.24, 2.45) is 0 Å². The van der Waals surface area contributed by atoms with Gasteiger partial charge in [-0.25, -0.2) is 0 Å². The Morgan fingerprint density at radius 2 is 2.11 bits per heavy atom. The highest BCUT2D eigenvalue weighted by atomic mass is 79.9. The van der Waals surface area contributed by atoms with E-state index in [-0.39, 0.29) is 0 Å². The first-order valence-corrected chi connectivity index (χ1v) is 7.80. The van der Waals surface area contributed by atoms with E-state index in [0.29, 0.717) is 6.04 Å². The van der Waals surface area contributed by atoms with Crippen molar-refractivity contribution >= 4 is 38.9 Å². The summed E-state index contributed by atoms with van der Waals surface area (Å²) in [5, 5.41) is 2.95. The number of hydrogen-bond donors (Lipinski definition) is 0. The number of nitrogens with zero attached hydrogens (tertiary/aromatic N) is 1. The Bertz CT molecular complexity index is 526. The number of benzene rings is 1. The Morgan fingerprint density at radius 3 is 2.72 bits per heavy atom. The normalized spacial score (nSPS) is 12.9. The van der Waals surface area contributed by atoms with Crippen molar-refractivity contribution < 1.29 is 0 Å². The fraction of sp³-hybridized carbons (Fsp3) is 0.286. The molecular formula is C14H15BrClNS. The van der Waals surface area contributed by atoms with Gasteiger partial charge in [-0.15, -0.1) is 11.3 Å². The van der Waals surface area contributed by atoms with Crippen LogP contribution in [0.3, 0.4) is 0 Å². The zero-order valence-corrected chi connectivity index (χ0v) is 13.5. The van der Waals surface area contributed by atoms with Crippen molar-refractivity contribution in [3.05, 3.63) is 55.6 Å². The summed E-state index contributed by atoms with van der Waals surface area (Å²) < 4.78 is 1.15. The predicted octanol–water partition coefficient (Wildman–Crippen LogP) is 5.36. The molecule has 0 bridgehead atoms. The number of hydrogen-bond acceptors (Lipinski definition) is 2. The van der Waals surface area contributed by atoms with Gasteiger partial charge in [0.25, 0.3) is 0 Å². The molecule has 0 fully saturated rings. The van der Waals surface area contributed by atoms with Gasteiger partial charge in [-0.05, 0) is 47.6 Å². The van der Waals surface area contributed by atoms with E-state index < -0.39 is 0 Å². The third-order valence-corrected chi connectivity index (χ3v) is 5.07. The Morgan fingerprint density at radius 1 is 1.39 bits per heavy atom. The minimum Gasteiger partial charge on any atom is -0.295 e. The fourth-order valence-corrected chi connectivity index (χ4v) is 3.68. The van der Waals surface area contributed by atoms with Crippen molar-refractivity contribution in [2.75, 3.05) is 7.05 Å². The van der Waals surface area contributed by atoms with Crippen molar-refractivity contribution in [3.8, 4) is 0 Å². The minimum atomic E-state index is 0.305. The van der Waals surface area contributed by atoms with E-state index in [1.807, 2.05) is 18.2 Å². The molecule has 1 aromatic carbocycles. The molecular weight excluding hydrogens is 330 g/mol. The Kier molecular flexibility index (Phi) is 4.84. The van der Waals surface area contributed by atoms with Crippen LogP contribution in [0.4, 0.5) is 0 Å². The van der Waals surface area contributed by atoms with Gasteiger partial charge in [0.15, 0.2) is 0 Å². The van der Waals surface area contributed by atoms with Crippen LogP contribution >= 0.6 is 38.9 Å². The van der Waals surface area contributed by atoms with Crippen molar-refractivity contribution in [2.45, 2.75) is 19.5 Å². The second-order valence-electron chi connectivity index (χ2n) is 4.34. The van der Waals surface area contributed by atoms with Crippen LogP contribution < -0.4 is 0 Å². The fourth-order valence-electron chi connectivity index (χ4n) is 1.87. The standard InChI is InChI=1S/C14H15BrClNS/c1-10(13-5-3-4-6-14(13)16)17(2)8-12-7-11(15)9-18-12/h3-7,9-10H,8H2,1-2H3. The molecule has 0 saturated carbocycles. The minimum absolute atomic E-state index is 0.305. The van der Waals surface area contributed by atoms with Crippen LogP contribution in [0.1, 0.15) is 23.4 Å². The van der Waals surface area contributed by atoms with Gasteiger partial charge >= 0.3 is 0 Å². The quantitative estimate of drug-likeness (QED) is 0.722. The molecule has 0 N–H and O–H groups in total. The monoisotopic (exact) mass is 343 g/mol. The third kappa shape index (κ3) is 3.35. The maximum Gasteiger partial charge on any atom is 0.0453 e. The van der Waals surface area contributed by atoms with Crippen LogP contribution in [0.15, 0.2) is 40.2 Å². The van der Waals surface area contributed by atoms with Gasteiger partial charge in [0, 0.05) is 32.3 Å². The summed E-state index contributed by atoms with van der Waals surface area (Å²) in [5.74, 6) is 0. The maximum atomic E-state index is 6.24. The average Bonchev–Trinajstić information content (AvgIpc) is 2.74. The van der Waals surface area contributed by atoms with Crippen LogP contribution in [0.25, 0.3) is 0 Å². The summed E-state index contributed by atoms with van der Waals surface area (Å²) in [5.41, 5.74) is 1.18. The van der Waals surface area contributed by atoms with E-state index in [0.717, 1.165) is 16.0 Å². The molecule has 0 radical (unpaired) electrons. The lowest BCUT2D eigenvalue weighted by Gasteiger charge is -2.25.